The van der Waals surface area contributed by atoms with E-state index in [-0.39, 0.29) is 25.7 Å². The maximum Gasteiger partial charge on any atom is 0.472 e. The Kier molecular flexibility index (Phi) is 60.6. The van der Waals surface area contributed by atoms with Crippen LogP contribution in [0.3, 0.4) is 0 Å². The van der Waals surface area contributed by atoms with Gasteiger partial charge in [0.05, 0.1) is 26.4 Å². The second-order valence-electron chi connectivity index (χ2n) is 26.8. The van der Waals surface area contributed by atoms with Gasteiger partial charge in [0.1, 0.15) is 19.3 Å². The van der Waals surface area contributed by atoms with Gasteiger partial charge in [-0.05, 0) is 43.4 Å². The molecule has 0 fully saturated rings. The third-order valence-corrected chi connectivity index (χ3v) is 18.6. The van der Waals surface area contributed by atoms with Crippen molar-refractivity contribution in [1.29, 1.82) is 0 Å². The first-order chi connectivity index (χ1) is 43.3. The quantitative estimate of drug-likeness (QED) is 0.0222. The van der Waals surface area contributed by atoms with Crippen LogP contribution in [0.15, 0.2) is 0 Å². The molecule has 0 aliphatic carbocycles. The molecule has 0 heterocycles. The molecule has 0 radical (unpaired) electrons. The van der Waals surface area contributed by atoms with Gasteiger partial charge < -0.3 is 33.8 Å². The summed E-state index contributed by atoms with van der Waals surface area (Å²) in [5.41, 5.74) is 0. The van der Waals surface area contributed by atoms with Gasteiger partial charge in [-0.2, -0.15) is 0 Å². The summed E-state index contributed by atoms with van der Waals surface area (Å²) < 4.78 is 68.3. The maximum atomic E-state index is 13.0. The van der Waals surface area contributed by atoms with Crippen LogP contribution >= 0.6 is 15.6 Å². The minimum Gasteiger partial charge on any atom is -0.462 e. The van der Waals surface area contributed by atoms with Gasteiger partial charge in [0.15, 0.2) is 12.2 Å². The number of phosphoric ester groups is 2. The summed E-state index contributed by atoms with van der Waals surface area (Å²) in [6, 6.07) is 0. The van der Waals surface area contributed by atoms with Crippen LogP contribution in [-0.4, -0.2) is 96.7 Å². The van der Waals surface area contributed by atoms with Gasteiger partial charge in [0.25, 0.3) is 0 Å². The normalized spacial score (nSPS) is 14.5. The molecule has 0 aliphatic heterocycles. The molecule has 0 aromatic heterocycles. The topological polar surface area (TPSA) is 237 Å². The Bertz CT molecular complexity index is 1770. The molecule has 534 valence electrons. The van der Waals surface area contributed by atoms with E-state index in [1.165, 1.54) is 161 Å². The molecule has 0 rings (SSSR count). The van der Waals surface area contributed by atoms with E-state index >= 15 is 0 Å². The van der Waals surface area contributed by atoms with Crippen molar-refractivity contribution in [3.05, 3.63) is 0 Å². The van der Waals surface area contributed by atoms with Gasteiger partial charge in [-0.3, -0.25) is 37.3 Å². The molecule has 90 heavy (non-hydrogen) atoms. The molecule has 0 saturated carbocycles. The fourth-order valence-electron chi connectivity index (χ4n) is 10.7. The van der Waals surface area contributed by atoms with Crippen LogP contribution in [-0.2, 0) is 65.4 Å². The lowest BCUT2D eigenvalue weighted by Crippen LogP contribution is -2.30. The molecule has 0 spiro atoms. The summed E-state index contributed by atoms with van der Waals surface area (Å²) in [5.74, 6) is 0.153. The average molecular weight is 1330 g/mol. The maximum absolute atomic E-state index is 13.0. The number of aliphatic hydroxyl groups excluding tert-OH is 1. The van der Waals surface area contributed by atoms with Crippen molar-refractivity contribution in [2.24, 2.45) is 17.8 Å². The van der Waals surface area contributed by atoms with Crippen LogP contribution in [0.5, 0.6) is 0 Å². The number of phosphoric acid groups is 2. The van der Waals surface area contributed by atoms with Crippen molar-refractivity contribution in [2.45, 2.75) is 375 Å². The zero-order chi connectivity index (χ0) is 66.6. The zero-order valence-corrected chi connectivity index (χ0v) is 60.4. The Morgan fingerprint density at radius 2 is 0.567 bits per heavy atom. The third-order valence-electron chi connectivity index (χ3n) is 16.7. The summed E-state index contributed by atoms with van der Waals surface area (Å²) in [5, 5.41) is 10.6. The smallest absolute Gasteiger partial charge is 0.462 e. The summed E-state index contributed by atoms with van der Waals surface area (Å²) in [7, 11) is -9.90. The van der Waals surface area contributed by atoms with Crippen molar-refractivity contribution in [3.8, 4) is 0 Å². The van der Waals surface area contributed by atoms with Gasteiger partial charge >= 0.3 is 39.5 Å². The van der Waals surface area contributed by atoms with Crippen LogP contribution < -0.4 is 0 Å². The lowest BCUT2D eigenvalue weighted by Gasteiger charge is -2.21. The highest BCUT2D eigenvalue weighted by molar-refractivity contribution is 7.47. The monoisotopic (exact) mass is 1320 g/mol. The van der Waals surface area contributed by atoms with Gasteiger partial charge in [0, 0.05) is 25.7 Å². The molecule has 0 aliphatic rings. The van der Waals surface area contributed by atoms with Gasteiger partial charge in [-0.15, -0.1) is 0 Å². The first-order valence-electron chi connectivity index (χ1n) is 36.9. The van der Waals surface area contributed by atoms with Gasteiger partial charge in [-0.1, -0.05) is 305 Å². The van der Waals surface area contributed by atoms with Gasteiger partial charge in [-0.25, -0.2) is 9.13 Å². The molecule has 0 saturated heterocycles. The third kappa shape index (κ3) is 63.5. The van der Waals surface area contributed by atoms with Crippen LogP contribution in [0.1, 0.15) is 357 Å². The first kappa shape index (κ1) is 88.1. The van der Waals surface area contributed by atoms with Crippen LogP contribution in [0, 0.1) is 17.8 Å². The number of carbonyl (C=O) groups is 4. The molecule has 0 aromatic carbocycles. The van der Waals surface area contributed by atoms with Crippen molar-refractivity contribution in [1.82, 2.24) is 0 Å². The predicted octanol–water partition coefficient (Wildman–Crippen LogP) is 20.2. The van der Waals surface area contributed by atoms with Crippen molar-refractivity contribution in [2.75, 3.05) is 39.6 Å². The lowest BCUT2D eigenvalue weighted by atomic mass is 9.99. The molecule has 19 heteroatoms. The Hall–Kier alpha value is -1.94. The number of hydrogen-bond donors (Lipinski definition) is 3. The second kappa shape index (κ2) is 61.9. The van der Waals surface area contributed by atoms with E-state index in [2.05, 4.69) is 48.5 Å². The Morgan fingerprint density at radius 1 is 0.322 bits per heavy atom. The molecule has 3 N–H and O–H groups in total. The Labute approximate surface area is 549 Å². The summed E-state index contributed by atoms with van der Waals surface area (Å²) in [6.07, 6.45) is 45.8. The molecule has 0 amide bonds. The summed E-state index contributed by atoms with van der Waals surface area (Å²) in [4.78, 5) is 72.6. The SMILES string of the molecule is CCCCCCCCCCCCCC(=O)O[C@H](COC(=O)CCCCCCCCCC(C)C)COP(=O)(O)OC[C@H](O)COP(=O)(O)OC[C@@H](COC(=O)CCCCCCCCCCC(C)CC)OC(=O)CCCCCCCCCCCCCCCCC(C)C. The number of carbonyl (C=O) groups excluding carboxylic acids is 4. The highest BCUT2D eigenvalue weighted by Crippen LogP contribution is 2.45. The van der Waals surface area contributed by atoms with E-state index in [1.807, 2.05) is 0 Å². The Morgan fingerprint density at radius 3 is 0.844 bits per heavy atom. The highest BCUT2D eigenvalue weighted by Gasteiger charge is 2.30. The number of unbranched alkanes of at least 4 members (excludes halogenated alkanes) is 36. The van der Waals surface area contributed by atoms with E-state index in [9.17, 15) is 43.2 Å². The summed E-state index contributed by atoms with van der Waals surface area (Å²) >= 11 is 0. The fourth-order valence-corrected chi connectivity index (χ4v) is 12.3. The van der Waals surface area contributed by atoms with E-state index in [0.29, 0.717) is 31.6 Å². The van der Waals surface area contributed by atoms with Crippen LogP contribution in [0.2, 0.25) is 0 Å². The minimum atomic E-state index is -4.95. The number of aliphatic hydroxyl groups is 1. The lowest BCUT2D eigenvalue weighted by molar-refractivity contribution is -0.161. The molecule has 3 unspecified atom stereocenters. The number of esters is 4. The zero-order valence-electron chi connectivity index (χ0n) is 58.6. The summed E-state index contributed by atoms with van der Waals surface area (Å²) in [6.45, 7) is 11.8. The van der Waals surface area contributed by atoms with E-state index < -0.39 is 97.5 Å². The van der Waals surface area contributed by atoms with Crippen molar-refractivity contribution < 1.29 is 80.2 Å². The van der Waals surface area contributed by atoms with Crippen LogP contribution in [0.4, 0.5) is 0 Å². The van der Waals surface area contributed by atoms with Gasteiger partial charge in [0.2, 0.25) is 0 Å². The molecular formula is C71H138O17P2. The minimum absolute atomic E-state index is 0.106. The largest absolute Gasteiger partial charge is 0.472 e. The second-order valence-corrected chi connectivity index (χ2v) is 29.7. The molecule has 0 bridgehead atoms. The predicted molar refractivity (Wildman–Crippen MR) is 363 cm³/mol. The number of rotatable bonds is 69. The molecule has 0 aromatic rings. The molecular weight excluding hydrogens is 1190 g/mol. The number of hydrogen-bond acceptors (Lipinski definition) is 15. The van der Waals surface area contributed by atoms with Crippen molar-refractivity contribution >= 4 is 39.5 Å². The van der Waals surface area contributed by atoms with E-state index in [4.69, 9.17) is 37.0 Å². The first-order valence-corrected chi connectivity index (χ1v) is 39.9. The Balaban J connectivity index is 5.24. The standard InChI is InChI=1S/C71H138O17P2/c1-8-10-11-12-13-14-19-23-32-40-47-54-70(75)88-67(59-82-69(74)53-46-39-34-27-29-36-43-50-63(5)6)61-86-90(79,80)84-57-65(72)56-83-89(77,78)85-60-66(58-81-68(73)52-45-38-31-26-25-30-37-44-51-64(7)9-2)87-71(76)55-48-41-33-24-21-18-16-15-17-20-22-28-35-42-49-62(3)4/h62-67,72H,8-61H2,1-7H3,(H,77,78)(H,79,80)/t64?,65-,66-,67-/m1/s1. The average Bonchev–Trinajstić information content (AvgIpc) is 3.12. The molecule has 17 nitrogen and oxygen atoms in total. The molecule has 6 atom stereocenters. The number of ether oxygens (including phenoxy) is 4. The van der Waals surface area contributed by atoms with Crippen LogP contribution in [0.25, 0.3) is 0 Å². The van der Waals surface area contributed by atoms with E-state index in [0.717, 1.165) is 108 Å². The van der Waals surface area contributed by atoms with Crippen molar-refractivity contribution in [3.63, 3.8) is 0 Å². The fraction of sp³-hybridized carbons (Fsp3) is 0.944. The van der Waals surface area contributed by atoms with E-state index in [1.54, 1.807) is 0 Å². The highest BCUT2D eigenvalue weighted by atomic mass is 31.2.